The second-order valence-electron chi connectivity index (χ2n) is 4.43. The molecule has 2 aliphatic heterocycles. The molecule has 2 rings (SSSR count). The molecule has 0 radical (unpaired) electrons. The third kappa shape index (κ3) is 1.08. The Labute approximate surface area is 80.6 Å². The van der Waals surface area contributed by atoms with E-state index < -0.39 is 0 Å². The van der Waals surface area contributed by atoms with Gasteiger partial charge in [-0.1, -0.05) is 13.8 Å². The van der Waals surface area contributed by atoms with Crippen molar-refractivity contribution in [2.24, 2.45) is 0 Å². The van der Waals surface area contributed by atoms with Gasteiger partial charge in [-0.15, -0.1) is 0 Å². The fourth-order valence-electron chi connectivity index (χ4n) is 3.22. The van der Waals surface area contributed by atoms with Crippen LogP contribution in [0.15, 0.2) is 0 Å². The minimum Gasteiger partial charge on any atom is -0.372 e. The summed E-state index contributed by atoms with van der Waals surface area (Å²) in [5.41, 5.74) is 0.0856. The summed E-state index contributed by atoms with van der Waals surface area (Å²) in [5, 5.41) is 0. The summed E-state index contributed by atoms with van der Waals surface area (Å²) in [5.74, 6) is 0. The van der Waals surface area contributed by atoms with Gasteiger partial charge in [0.05, 0.1) is 23.9 Å². The first-order valence-corrected chi connectivity index (χ1v) is 5.50. The molecule has 13 heavy (non-hydrogen) atoms. The van der Waals surface area contributed by atoms with Gasteiger partial charge in [0.25, 0.3) is 0 Å². The fourth-order valence-corrected chi connectivity index (χ4v) is 3.22. The molecule has 0 N–H and O–H groups in total. The van der Waals surface area contributed by atoms with E-state index in [1.807, 2.05) is 0 Å². The fraction of sp³-hybridized carbons (Fsp3) is 1.00. The third-order valence-electron chi connectivity index (χ3n) is 3.90. The van der Waals surface area contributed by atoms with Crippen LogP contribution >= 0.6 is 0 Å². The van der Waals surface area contributed by atoms with Crippen LogP contribution in [-0.2, 0) is 9.47 Å². The smallest absolute Gasteiger partial charge is 0.0994 e. The highest BCUT2D eigenvalue weighted by Gasteiger charge is 2.60. The largest absolute Gasteiger partial charge is 0.372 e. The maximum absolute atomic E-state index is 6.09. The molecule has 0 aromatic heterocycles. The lowest BCUT2D eigenvalue weighted by Crippen LogP contribution is -2.46. The number of hydrogen-bond donors (Lipinski definition) is 0. The Kier molecular flexibility index (Phi) is 2.16. The van der Waals surface area contributed by atoms with Crippen LogP contribution in [0.4, 0.5) is 0 Å². The summed E-state index contributed by atoms with van der Waals surface area (Å²) < 4.78 is 12.0. The molecular formula is C11H20O2. The Morgan fingerprint density at radius 3 is 2.46 bits per heavy atom. The summed E-state index contributed by atoms with van der Waals surface area (Å²) in [6.45, 7) is 7.49. The standard InChI is InChI=1S/C11H20O2/c1-4-10-6-7-12-11(10,5-2)8-9(3)13-10/h9H,4-8H2,1-3H3. The number of fused-ring (bicyclic) bond motifs is 1. The van der Waals surface area contributed by atoms with Crippen LogP contribution in [0.1, 0.15) is 46.5 Å². The highest BCUT2D eigenvalue weighted by atomic mass is 16.6. The monoisotopic (exact) mass is 184 g/mol. The van der Waals surface area contributed by atoms with E-state index in [1.54, 1.807) is 0 Å². The van der Waals surface area contributed by atoms with Crippen LogP contribution in [0.3, 0.4) is 0 Å². The number of ether oxygens (including phenoxy) is 2. The van der Waals surface area contributed by atoms with Crippen molar-refractivity contribution in [3.05, 3.63) is 0 Å². The third-order valence-corrected chi connectivity index (χ3v) is 3.90. The molecule has 3 atom stereocenters. The predicted octanol–water partition coefficient (Wildman–Crippen LogP) is 2.51. The van der Waals surface area contributed by atoms with E-state index in [9.17, 15) is 0 Å². The molecular weight excluding hydrogens is 164 g/mol. The van der Waals surface area contributed by atoms with Gasteiger partial charge in [-0.05, 0) is 19.8 Å². The van der Waals surface area contributed by atoms with Crippen molar-refractivity contribution >= 4 is 0 Å². The Bertz CT molecular complexity index is 184. The van der Waals surface area contributed by atoms with E-state index in [0.717, 1.165) is 32.3 Å². The van der Waals surface area contributed by atoms with Gasteiger partial charge in [0.1, 0.15) is 0 Å². The molecule has 3 unspecified atom stereocenters. The van der Waals surface area contributed by atoms with Gasteiger partial charge in [0.15, 0.2) is 0 Å². The van der Waals surface area contributed by atoms with Crippen molar-refractivity contribution in [3.8, 4) is 0 Å². The Hall–Kier alpha value is -0.0800. The molecule has 0 aliphatic carbocycles. The zero-order valence-electron chi connectivity index (χ0n) is 8.93. The lowest BCUT2D eigenvalue weighted by molar-refractivity contribution is -0.0999. The quantitative estimate of drug-likeness (QED) is 0.656. The van der Waals surface area contributed by atoms with E-state index >= 15 is 0 Å². The maximum Gasteiger partial charge on any atom is 0.0994 e. The molecule has 0 spiro atoms. The molecule has 0 amide bonds. The van der Waals surface area contributed by atoms with E-state index in [0.29, 0.717) is 6.10 Å². The summed E-state index contributed by atoms with van der Waals surface area (Å²) in [7, 11) is 0. The van der Waals surface area contributed by atoms with Crippen LogP contribution in [0.5, 0.6) is 0 Å². The first-order valence-electron chi connectivity index (χ1n) is 5.50. The molecule has 2 saturated heterocycles. The van der Waals surface area contributed by atoms with Gasteiger partial charge >= 0.3 is 0 Å². The Balaban J connectivity index is 2.30. The van der Waals surface area contributed by atoms with Gasteiger partial charge in [-0.2, -0.15) is 0 Å². The predicted molar refractivity (Wildman–Crippen MR) is 51.8 cm³/mol. The first-order chi connectivity index (χ1) is 6.18. The van der Waals surface area contributed by atoms with E-state index in [2.05, 4.69) is 20.8 Å². The topological polar surface area (TPSA) is 18.5 Å². The van der Waals surface area contributed by atoms with Crippen molar-refractivity contribution < 1.29 is 9.47 Å². The molecule has 0 aromatic rings. The van der Waals surface area contributed by atoms with Crippen molar-refractivity contribution in [1.82, 2.24) is 0 Å². The minimum atomic E-state index is 0.0428. The zero-order valence-corrected chi connectivity index (χ0v) is 8.93. The average molecular weight is 184 g/mol. The summed E-state index contributed by atoms with van der Waals surface area (Å²) >= 11 is 0. The second-order valence-corrected chi connectivity index (χ2v) is 4.43. The Morgan fingerprint density at radius 1 is 1.23 bits per heavy atom. The summed E-state index contributed by atoms with van der Waals surface area (Å²) in [6, 6.07) is 0. The van der Waals surface area contributed by atoms with Gasteiger partial charge in [-0.3, -0.25) is 0 Å². The van der Waals surface area contributed by atoms with E-state index in [4.69, 9.17) is 9.47 Å². The number of hydrogen-bond acceptors (Lipinski definition) is 2. The molecule has 76 valence electrons. The van der Waals surface area contributed by atoms with Crippen molar-refractivity contribution in [3.63, 3.8) is 0 Å². The van der Waals surface area contributed by atoms with E-state index in [-0.39, 0.29) is 11.2 Å². The molecule has 2 heterocycles. The molecule has 0 saturated carbocycles. The highest BCUT2D eigenvalue weighted by molar-refractivity contribution is 5.10. The van der Waals surface area contributed by atoms with Gasteiger partial charge in [0, 0.05) is 12.8 Å². The second kappa shape index (κ2) is 2.96. The van der Waals surface area contributed by atoms with Gasteiger partial charge < -0.3 is 9.47 Å². The summed E-state index contributed by atoms with van der Waals surface area (Å²) in [6.07, 6.45) is 4.72. The average Bonchev–Trinajstić information content (AvgIpc) is 2.56. The minimum absolute atomic E-state index is 0.0428. The van der Waals surface area contributed by atoms with Crippen LogP contribution in [0.2, 0.25) is 0 Å². The molecule has 2 heteroatoms. The summed E-state index contributed by atoms with van der Waals surface area (Å²) in [4.78, 5) is 0. The van der Waals surface area contributed by atoms with Crippen molar-refractivity contribution in [1.29, 1.82) is 0 Å². The lowest BCUT2D eigenvalue weighted by Gasteiger charge is -2.36. The molecule has 0 bridgehead atoms. The SMILES string of the molecule is CCC12CC(C)OC1(CC)CCO2. The maximum atomic E-state index is 6.09. The highest BCUT2D eigenvalue weighted by Crippen LogP contribution is 2.52. The lowest BCUT2D eigenvalue weighted by atomic mass is 9.78. The van der Waals surface area contributed by atoms with Gasteiger partial charge in [0.2, 0.25) is 0 Å². The van der Waals surface area contributed by atoms with Crippen LogP contribution < -0.4 is 0 Å². The van der Waals surface area contributed by atoms with Crippen LogP contribution in [0.25, 0.3) is 0 Å². The molecule has 0 aromatic carbocycles. The first kappa shape index (κ1) is 9.47. The molecule has 2 fully saturated rings. The Morgan fingerprint density at radius 2 is 1.92 bits per heavy atom. The van der Waals surface area contributed by atoms with Crippen LogP contribution in [-0.4, -0.2) is 23.9 Å². The molecule has 2 nitrogen and oxygen atoms in total. The zero-order chi connectivity index (χ0) is 9.53. The molecule has 2 aliphatic rings. The van der Waals surface area contributed by atoms with E-state index in [1.165, 1.54) is 0 Å². The normalized spacial score (nSPS) is 49.6. The van der Waals surface area contributed by atoms with Crippen LogP contribution in [0, 0.1) is 0 Å². The van der Waals surface area contributed by atoms with Crippen molar-refractivity contribution in [2.75, 3.05) is 6.61 Å². The number of rotatable bonds is 2. The van der Waals surface area contributed by atoms with Gasteiger partial charge in [-0.25, -0.2) is 0 Å². The van der Waals surface area contributed by atoms with Crippen molar-refractivity contribution in [2.45, 2.75) is 63.8 Å².